The van der Waals surface area contributed by atoms with Crippen LogP contribution in [0.1, 0.15) is 54.9 Å². The first-order valence-corrected chi connectivity index (χ1v) is 7.61. The van der Waals surface area contributed by atoms with Gasteiger partial charge in [0.25, 0.3) is 0 Å². The van der Waals surface area contributed by atoms with Crippen molar-refractivity contribution in [3.8, 4) is 0 Å². The molecule has 0 heterocycles. The Labute approximate surface area is 125 Å². The molecule has 0 atom stereocenters. The van der Waals surface area contributed by atoms with Gasteiger partial charge in [0.2, 0.25) is 0 Å². The second kappa shape index (κ2) is 7.03. The smallest absolute Gasteiger partial charge is 0.340 e. The predicted molar refractivity (Wildman–Crippen MR) is 80.6 cm³/mol. The summed E-state index contributed by atoms with van der Waals surface area (Å²) in [5.74, 6) is -1.16. The summed E-state index contributed by atoms with van der Waals surface area (Å²) in [6.45, 7) is 3.89. The number of carbonyl (C=O) groups excluding carboxylic acids is 1. The van der Waals surface area contributed by atoms with Crippen molar-refractivity contribution in [2.24, 2.45) is 5.41 Å². The molecule has 4 heteroatoms. The lowest BCUT2D eigenvalue weighted by atomic mass is 9.76. The first kappa shape index (κ1) is 16.0. The summed E-state index contributed by atoms with van der Waals surface area (Å²) in [5, 5.41) is 3.42. The van der Waals surface area contributed by atoms with E-state index in [1.54, 1.807) is 6.07 Å². The number of benzene rings is 1. The van der Waals surface area contributed by atoms with E-state index in [-0.39, 0.29) is 5.56 Å². The van der Waals surface area contributed by atoms with Gasteiger partial charge in [-0.25, -0.2) is 9.18 Å². The lowest BCUT2D eigenvalue weighted by Gasteiger charge is -2.33. The summed E-state index contributed by atoms with van der Waals surface area (Å²) in [6.07, 6.45) is 6.47. The third-order valence-electron chi connectivity index (χ3n) is 4.38. The Morgan fingerprint density at radius 1 is 1.33 bits per heavy atom. The Morgan fingerprint density at radius 2 is 2.05 bits per heavy atom. The summed E-state index contributed by atoms with van der Waals surface area (Å²) in [5.41, 5.74) is 1.20. The maximum absolute atomic E-state index is 13.8. The summed E-state index contributed by atoms with van der Waals surface area (Å²) >= 11 is 0. The molecule has 0 radical (unpaired) electrons. The Balaban J connectivity index is 1.89. The molecule has 116 valence electrons. The molecule has 1 aromatic rings. The highest BCUT2D eigenvalue weighted by Gasteiger charge is 2.26. The zero-order valence-corrected chi connectivity index (χ0v) is 12.9. The van der Waals surface area contributed by atoms with Crippen LogP contribution in [0.25, 0.3) is 0 Å². The number of esters is 1. The van der Waals surface area contributed by atoms with Crippen molar-refractivity contribution in [3.63, 3.8) is 0 Å². The number of carbonyl (C=O) groups is 1. The molecule has 0 aliphatic heterocycles. The van der Waals surface area contributed by atoms with Crippen LogP contribution in [0.2, 0.25) is 0 Å². The fourth-order valence-corrected chi connectivity index (χ4v) is 3.03. The molecule has 1 aliphatic carbocycles. The highest BCUT2D eigenvalue weighted by molar-refractivity contribution is 5.89. The summed E-state index contributed by atoms with van der Waals surface area (Å²) < 4.78 is 18.4. The Hall–Kier alpha value is -1.42. The molecule has 3 nitrogen and oxygen atoms in total. The average molecular weight is 293 g/mol. The van der Waals surface area contributed by atoms with Crippen molar-refractivity contribution < 1.29 is 13.9 Å². The first-order valence-electron chi connectivity index (χ1n) is 7.61. The van der Waals surface area contributed by atoms with Crippen LogP contribution in [0.15, 0.2) is 18.2 Å². The molecule has 1 aromatic carbocycles. The van der Waals surface area contributed by atoms with Gasteiger partial charge in [-0.05, 0) is 36.0 Å². The number of nitrogens with one attached hydrogen (secondary N) is 1. The molecular weight excluding hydrogens is 269 g/mol. The summed E-state index contributed by atoms with van der Waals surface area (Å²) in [4.78, 5) is 11.3. The van der Waals surface area contributed by atoms with Gasteiger partial charge in [0.1, 0.15) is 5.82 Å². The van der Waals surface area contributed by atoms with Gasteiger partial charge in [0.05, 0.1) is 12.7 Å². The minimum atomic E-state index is -0.637. The Morgan fingerprint density at radius 3 is 2.67 bits per heavy atom. The van der Waals surface area contributed by atoms with Crippen LogP contribution in [0.4, 0.5) is 4.39 Å². The van der Waals surface area contributed by atoms with Crippen LogP contribution in [0, 0.1) is 11.2 Å². The second-order valence-corrected chi connectivity index (χ2v) is 6.28. The van der Waals surface area contributed by atoms with Crippen molar-refractivity contribution in [2.45, 2.75) is 45.6 Å². The van der Waals surface area contributed by atoms with E-state index in [2.05, 4.69) is 17.0 Å². The zero-order valence-electron chi connectivity index (χ0n) is 12.9. The van der Waals surface area contributed by atoms with Crippen molar-refractivity contribution in [2.75, 3.05) is 13.7 Å². The molecule has 0 unspecified atom stereocenters. The summed E-state index contributed by atoms with van der Waals surface area (Å²) in [7, 11) is 1.25. The average Bonchev–Trinajstić information content (AvgIpc) is 2.47. The van der Waals surface area contributed by atoms with E-state index in [0.29, 0.717) is 12.0 Å². The Kier molecular flexibility index (Phi) is 5.34. The second-order valence-electron chi connectivity index (χ2n) is 6.28. The van der Waals surface area contributed by atoms with Gasteiger partial charge in [-0.1, -0.05) is 32.3 Å². The predicted octanol–water partition coefficient (Wildman–Crippen LogP) is 3.67. The van der Waals surface area contributed by atoms with E-state index in [0.717, 1.165) is 12.1 Å². The van der Waals surface area contributed by atoms with E-state index in [4.69, 9.17) is 0 Å². The SMILES string of the molecule is COC(=O)c1ccc(CNCC2(C)CCCCC2)cc1F. The molecule has 0 spiro atoms. The molecule has 1 fully saturated rings. The molecule has 21 heavy (non-hydrogen) atoms. The standard InChI is InChI=1S/C17H24FNO2/c1-17(8-4-3-5-9-17)12-19-11-13-6-7-14(15(18)10-13)16(20)21-2/h6-7,10,19H,3-5,8-9,11-12H2,1-2H3. The van der Waals surface area contributed by atoms with E-state index in [9.17, 15) is 9.18 Å². The van der Waals surface area contributed by atoms with Crippen LogP contribution in [-0.4, -0.2) is 19.6 Å². The van der Waals surface area contributed by atoms with Crippen molar-refractivity contribution in [1.82, 2.24) is 5.32 Å². The highest BCUT2D eigenvalue weighted by atomic mass is 19.1. The van der Waals surface area contributed by atoms with Crippen molar-refractivity contribution >= 4 is 5.97 Å². The van der Waals surface area contributed by atoms with E-state index in [1.165, 1.54) is 51.3 Å². The third kappa shape index (κ3) is 4.27. The lowest BCUT2D eigenvalue weighted by Crippen LogP contribution is -2.33. The van der Waals surface area contributed by atoms with Gasteiger partial charge in [-0.15, -0.1) is 0 Å². The minimum absolute atomic E-state index is 0.0134. The highest BCUT2D eigenvalue weighted by Crippen LogP contribution is 2.34. The van der Waals surface area contributed by atoms with Crippen LogP contribution >= 0.6 is 0 Å². The largest absolute Gasteiger partial charge is 0.465 e. The third-order valence-corrected chi connectivity index (χ3v) is 4.38. The maximum atomic E-state index is 13.8. The van der Waals surface area contributed by atoms with E-state index >= 15 is 0 Å². The number of hydrogen-bond donors (Lipinski definition) is 1. The topological polar surface area (TPSA) is 38.3 Å². The molecule has 0 amide bonds. The maximum Gasteiger partial charge on any atom is 0.340 e. The number of hydrogen-bond acceptors (Lipinski definition) is 3. The van der Waals surface area contributed by atoms with Gasteiger partial charge in [-0.2, -0.15) is 0 Å². The molecular formula is C17H24FNO2. The quantitative estimate of drug-likeness (QED) is 0.842. The fourth-order valence-electron chi connectivity index (χ4n) is 3.03. The van der Waals surface area contributed by atoms with Crippen LogP contribution < -0.4 is 5.32 Å². The van der Waals surface area contributed by atoms with Gasteiger partial charge < -0.3 is 10.1 Å². The van der Waals surface area contributed by atoms with Gasteiger partial charge in [-0.3, -0.25) is 0 Å². The molecule has 1 saturated carbocycles. The van der Waals surface area contributed by atoms with Gasteiger partial charge in [0, 0.05) is 13.1 Å². The number of halogens is 1. The van der Waals surface area contributed by atoms with Crippen molar-refractivity contribution in [3.05, 3.63) is 35.1 Å². The van der Waals surface area contributed by atoms with E-state index in [1.807, 2.05) is 0 Å². The summed E-state index contributed by atoms with van der Waals surface area (Å²) in [6, 6.07) is 4.66. The molecule has 1 N–H and O–H groups in total. The van der Waals surface area contributed by atoms with Gasteiger partial charge in [0.15, 0.2) is 0 Å². The van der Waals surface area contributed by atoms with E-state index < -0.39 is 11.8 Å². The molecule has 0 saturated heterocycles. The number of ether oxygens (including phenoxy) is 1. The minimum Gasteiger partial charge on any atom is -0.465 e. The Bertz CT molecular complexity index is 496. The van der Waals surface area contributed by atoms with Crippen molar-refractivity contribution in [1.29, 1.82) is 0 Å². The van der Waals surface area contributed by atoms with Crippen LogP contribution in [0.5, 0.6) is 0 Å². The normalized spacial score (nSPS) is 17.5. The molecule has 0 bridgehead atoms. The number of rotatable bonds is 5. The monoisotopic (exact) mass is 293 g/mol. The van der Waals surface area contributed by atoms with Crippen LogP contribution in [-0.2, 0) is 11.3 Å². The molecule has 1 aliphatic rings. The zero-order chi connectivity index (χ0) is 15.3. The van der Waals surface area contributed by atoms with Gasteiger partial charge >= 0.3 is 5.97 Å². The molecule has 2 rings (SSSR count). The first-order chi connectivity index (χ1) is 10.0. The fraction of sp³-hybridized carbons (Fsp3) is 0.588. The molecule has 0 aromatic heterocycles. The van der Waals surface area contributed by atoms with Crippen LogP contribution in [0.3, 0.4) is 0 Å². The number of methoxy groups -OCH3 is 1. The lowest BCUT2D eigenvalue weighted by molar-refractivity contribution is 0.0595.